The average molecular weight is 472 g/mol. The van der Waals surface area contributed by atoms with Crippen LogP contribution >= 0.6 is 11.3 Å². The van der Waals surface area contributed by atoms with E-state index in [4.69, 9.17) is 9.26 Å². The maximum atomic E-state index is 12.4. The fourth-order valence-electron chi connectivity index (χ4n) is 2.74. The summed E-state index contributed by atoms with van der Waals surface area (Å²) in [7, 11) is 0. The first kappa shape index (κ1) is 24.1. The Bertz CT molecular complexity index is 1150. The molecule has 2 amide bonds. The predicted molar refractivity (Wildman–Crippen MR) is 122 cm³/mol. The van der Waals surface area contributed by atoms with E-state index < -0.39 is 5.97 Å². The summed E-state index contributed by atoms with van der Waals surface area (Å²) in [6.45, 7) is 7.71. The molecule has 0 radical (unpaired) electrons. The number of anilines is 1. The minimum absolute atomic E-state index is 0.0429. The zero-order chi connectivity index (χ0) is 24.0. The molecule has 0 atom stereocenters. The Balaban J connectivity index is 1.49. The lowest BCUT2D eigenvalue weighted by molar-refractivity contribution is -0.116. The maximum absolute atomic E-state index is 12.4. The SMILES string of the molecule is Cc1nc(-c2cccc(C(=O)NCCC(=O)Nc3nc(C)c(C(=O)OCC(C)C)s3)c2)no1. The third-order valence-corrected chi connectivity index (χ3v) is 5.38. The van der Waals surface area contributed by atoms with E-state index in [1.54, 1.807) is 38.1 Å². The van der Waals surface area contributed by atoms with Gasteiger partial charge in [0.15, 0.2) is 5.13 Å². The van der Waals surface area contributed by atoms with Crippen molar-refractivity contribution in [1.29, 1.82) is 0 Å². The highest BCUT2D eigenvalue weighted by Crippen LogP contribution is 2.23. The fraction of sp³-hybridized carbons (Fsp3) is 0.364. The number of hydrogen-bond acceptors (Lipinski definition) is 9. The van der Waals surface area contributed by atoms with Crippen molar-refractivity contribution in [3.8, 4) is 11.4 Å². The topological polar surface area (TPSA) is 136 Å². The molecular weight excluding hydrogens is 446 g/mol. The Morgan fingerprint density at radius 1 is 1.18 bits per heavy atom. The number of carbonyl (C=O) groups is 3. The molecule has 1 aromatic carbocycles. The number of rotatable bonds is 9. The second kappa shape index (κ2) is 10.8. The summed E-state index contributed by atoms with van der Waals surface area (Å²) in [5, 5.41) is 9.51. The Kier molecular flexibility index (Phi) is 7.88. The highest BCUT2D eigenvalue weighted by atomic mass is 32.1. The number of carbonyl (C=O) groups excluding carboxylic acids is 3. The summed E-state index contributed by atoms with van der Waals surface area (Å²) in [4.78, 5) is 45.5. The van der Waals surface area contributed by atoms with Gasteiger partial charge in [-0.05, 0) is 25.0 Å². The second-order valence-corrected chi connectivity index (χ2v) is 8.70. The van der Waals surface area contributed by atoms with Gasteiger partial charge in [0, 0.05) is 31.0 Å². The van der Waals surface area contributed by atoms with Crippen LogP contribution in [-0.4, -0.2) is 46.1 Å². The number of benzene rings is 1. The van der Waals surface area contributed by atoms with Crippen LogP contribution in [0.25, 0.3) is 11.4 Å². The van der Waals surface area contributed by atoms with Gasteiger partial charge in [0.25, 0.3) is 5.91 Å². The predicted octanol–water partition coefficient (Wildman–Crippen LogP) is 3.38. The molecule has 2 N–H and O–H groups in total. The molecule has 0 aliphatic rings. The van der Waals surface area contributed by atoms with E-state index in [0.29, 0.717) is 45.2 Å². The first-order valence-electron chi connectivity index (χ1n) is 10.4. The van der Waals surface area contributed by atoms with Gasteiger partial charge < -0.3 is 19.9 Å². The van der Waals surface area contributed by atoms with Crippen LogP contribution < -0.4 is 10.6 Å². The van der Waals surface area contributed by atoms with E-state index in [0.717, 1.165) is 11.3 Å². The number of nitrogens with zero attached hydrogens (tertiary/aromatic N) is 3. The number of hydrogen-bond donors (Lipinski definition) is 2. The first-order valence-corrected chi connectivity index (χ1v) is 11.2. The molecular formula is C22H25N5O5S. The number of ether oxygens (including phenoxy) is 1. The van der Waals surface area contributed by atoms with Gasteiger partial charge in [-0.1, -0.05) is 42.5 Å². The third kappa shape index (κ3) is 6.69. The van der Waals surface area contributed by atoms with E-state index in [2.05, 4.69) is 25.8 Å². The molecule has 0 spiro atoms. The Morgan fingerprint density at radius 3 is 2.67 bits per heavy atom. The van der Waals surface area contributed by atoms with Crippen LogP contribution in [0.4, 0.5) is 5.13 Å². The molecule has 33 heavy (non-hydrogen) atoms. The normalized spacial score (nSPS) is 10.8. The maximum Gasteiger partial charge on any atom is 0.350 e. The smallest absolute Gasteiger partial charge is 0.350 e. The van der Waals surface area contributed by atoms with Crippen molar-refractivity contribution in [2.45, 2.75) is 34.1 Å². The minimum Gasteiger partial charge on any atom is -0.461 e. The van der Waals surface area contributed by atoms with Crippen molar-refractivity contribution < 1.29 is 23.6 Å². The standard InChI is InChI=1S/C22H25N5O5S/c1-12(2)11-31-21(30)18-13(3)24-22(33-18)26-17(28)8-9-23-20(29)16-7-5-6-15(10-16)19-25-14(4)32-27-19/h5-7,10,12H,8-9,11H2,1-4H3,(H,23,29)(H,24,26,28). The molecule has 0 saturated carbocycles. The highest BCUT2D eigenvalue weighted by molar-refractivity contribution is 7.17. The Hall–Kier alpha value is -3.60. The van der Waals surface area contributed by atoms with Crippen molar-refractivity contribution in [1.82, 2.24) is 20.4 Å². The van der Waals surface area contributed by atoms with E-state index >= 15 is 0 Å². The third-order valence-electron chi connectivity index (χ3n) is 4.32. The van der Waals surface area contributed by atoms with Crippen LogP contribution in [0.3, 0.4) is 0 Å². The van der Waals surface area contributed by atoms with Gasteiger partial charge in [0.2, 0.25) is 17.6 Å². The minimum atomic E-state index is -0.454. The molecule has 3 rings (SSSR count). The second-order valence-electron chi connectivity index (χ2n) is 7.70. The molecule has 174 valence electrons. The van der Waals surface area contributed by atoms with E-state index in [-0.39, 0.29) is 30.7 Å². The number of nitrogens with one attached hydrogen (secondary N) is 2. The fourth-order valence-corrected chi connectivity index (χ4v) is 3.61. The number of amides is 2. The van der Waals surface area contributed by atoms with Gasteiger partial charge >= 0.3 is 5.97 Å². The van der Waals surface area contributed by atoms with Crippen molar-refractivity contribution in [2.24, 2.45) is 5.92 Å². The van der Waals surface area contributed by atoms with Crippen molar-refractivity contribution in [3.63, 3.8) is 0 Å². The highest BCUT2D eigenvalue weighted by Gasteiger charge is 2.18. The summed E-state index contributed by atoms with van der Waals surface area (Å²) in [5.41, 5.74) is 1.56. The molecule has 0 aliphatic carbocycles. The summed E-state index contributed by atoms with van der Waals surface area (Å²) in [6.07, 6.45) is 0.0429. The van der Waals surface area contributed by atoms with Gasteiger partial charge in [-0.2, -0.15) is 4.98 Å². The van der Waals surface area contributed by atoms with Crippen LogP contribution in [0.2, 0.25) is 0 Å². The monoisotopic (exact) mass is 471 g/mol. The molecule has 0 fully saturated rings. The summed E-state index contributed by atoms with van der Waals surface area (Å²) < 4.78 is 10.2. The quantitative estimate of drug-likeness (QED) is 0.453. The van der Waals surface area contributed by atoms with Gasteiger partial charge in [-0.3, -0.25) is 9.59 Å². The van der Waals surface area contributed by atoms with Crippen LogP contribution in [-0.2, 0) is 9.53 Å². The molecule has 0 aliphatic heterocycles. The number of esters is 1. The average Bonchev–Trinajstić information content (AvgIpc) is 3.37. The van der Waals surface area contributed by atoms with Gasteiger partial charge in [0.1, 0.15) is 4.88 Å². The van der Waals surface area contributed by atoms with Crippen LogP contribution in [0.15, 0.2) is 28.8 Å². The van der Waals surface area contributed by atoms with Gasteiger partial charge in [-0.15, -0.1) is 0 Å². The molecule has 0 bridgehead atoms. The van der Waals surface area contributed by atoms with Gasteiger partial charge in [0.05, 0.1) is 12.3 Å². The zero-order valence-corrected chi connectivity index (χ0v) is 19.6. The van der Waals surface area contributed by atoms with Crippen LogP contribution in [0.1, 0.15) is 51.9 Å². The van der Waals surface area contributed by atoms with Crippen LogP contribution in [0.5, 0.6) is 0 Å². The molecule has 0 saturated heterocycles. The van der Waals surface area contributed by atoms with Crippen molar-refractivity contribution in [2.75, 3.05) is 18.5 Å². The van der Waals surface area contributed by atoms with E-state index in [9.17, 15) is 14.4 Å². The van der Waals surface area contributed by atoms with E-state index in [1.807, 2.05) is 13.8 Å². The summed E-state index contributed by atoms with van der Waals surface area (Å²) in [5.74, 6) is -0.0622. The summed E-state index contributed by atoms with van der Waals surface area (Å²) >= 11 is 1.06. The first-order chi connectivity index (χ1) is 15.7. The van der Waals surface area contributed by atoms with Crippen molar-refractivity contribution >= 4 is 34.3 Å². The number of thiazole rings is 1. The largest absolute Gasteiger partial charge is 0.461 e. The van der Waals surface area contributed by atoms with Crippen LogP contribution in [0, 0.1) is 19.8 Å². The van der Waals surface area contributed by atoms with Crippen molar-refractivity contribution in [3.05, 3.63) is 46.3 Å². The molecule has 0 unspecified atom stereocenters. The Morgan fingerprint density at radius 2 is 1.97 bits per heavy atom. The zero-order valence-electron chi connectivity index (χ0n) is 18.8. The molecule has 10 nitrogen and oxygen atoms in total. The lowest BCUT2D eigenvalue weighted by Gasteiger charge is -2.06. The lowest BCUT2D eigenvalue weighted by Crippen LogP contribution is -2.27. The summed E-state index contributed by atoms with van der Waals surface area (Å²) in [6, 6.07) is 6.80. The Labute approximate surface area is 194 Å². The lowest BCUT2D eigenvalue weighted by atomic mass is 10.1. The van der Waals surface area contributed by atoms with E-state index in [1.165, 1.54) is 0 Å². The number of aryl methyl sites for hydroxylation is 2. The molecule has 2 aromatic heterocycles. The molecule has 11 heteroatoms. The molecule has 3 aromatic rings. The molecule has 2 heterocycles. The van der Waals surface area contributed by atoms with Gasteiger partial charge in [-0.25, -0.2) is 9.78 Å². The number of aromatic nitrogens is 3.